The lowest BCUT2D eigenvalue weighted by atomic mass is 10.4. The fourth-order valence-corrected chi connectivity index (χ4v) is 1.77. The largest absolute Gasteiger partial charge is 0.436 e. The van der Waals surface area contributed by atoms with Gasteiger partial charge in [-0.1, -0.05) is 0 Å². The predicted molar refractivity (Wildman–Crippen MR) is 79.6 cm³/mol. The van der Waals surface area contributed by atoms with Crippen LogP contribution in [0.25, 0.3) is 0 Å². The van der Waals surface area contributed by atoms with Crippen LogP contribution in [0.15, 0.2) is 18.5 Å². The lowest BCUT2D eigenvalue weighted by molar-refractivity contribution is 0.177. The average molecular weight is 291 g/mol. The molecular weight excluding hydrogens is 270 g/mol. The Hall–Kier alpha value is -2.15. The van der Waals surface area contributed by atoms with Crippen LogP contribution in [0.3, 0.4) is 0 Å². The van der Waals surface area contributed by atoms with Gasteiger partial charge in [-0.05, 0) is 20.8 Å². The summed E-state index contributed by atoms with van der Waals surface area (Å²) >= 11 is 0. The summed E-state index contributed by atoms with van der Waals surface area (Å²) < 4.78 is 12.7. The SMILES string of the molecule is CCNc1cc(Oc2cnn(C(C)C)c2)nc(COC)n1. The minimum atomic E-state index is 0.286. The lowest BCUT2D eigenvalue weighted by Gasteiger charge is -2.08. The highest BCUT2D eigenvalue weighted by Gasteiger charge is 2.08. The van der Waals surface area contributed by atoms with Crippen LogP contribution < -0.4 is 10.1 Å². The fourth-order valence-electron chi connectivity index (χ4n) is 1.77. The van der Waals surface area contributed by atoms with E-state index >= 15 is 0 Å². The third-order valence-corrected chi connectivity index (χ3v) is 2.71. The first-order valence-electron chi connectivity index (χ1n) is 6.95. The zero-order valence-electron chi connectivity index (χ0n) is 12.8. The van der Waals surface area contributed by atoms with Crippen LogP contribution in [0, 0.1) is 0 Å². The van der Waals surface area contributed by atoms with Crippen molar-refractivity contribution in [3.8, 4) is 11.6 Å². The zero-order valence-corrected chi connectivity index (χ0v) is 12.8. The molecule has 2 rings (SSSR count). The minimum absolute atomic E-state index is 0.286. The van der Waals surface area contributed by atoms with E-state index in [0.29, 0.717) is 29.9 Å². The van der Waals surface area contributed by atoms with Gasteiger partial charge >= 0.3 is 0 Å². The molecule has 0 saturated carbocycles. The highest BCUT2D eigenvalue weighted by Crippen LogP contribution is 2.22. The van der Waals surface area contributed by atoms with Crippen molar-refractivity contribution in [2.45, 2.75) is 33.4 Å². The highest BCUT2D eigenvalue weighted by molar-refractivity contribution is 5.39. The van der Waals surface area contributed by atoms with Crippen molar-refractivity contribution in [2.75, 3.05) is 19.0 Å². The molecule has 2 heterocycles. The van der Waals surface area contributed by atoms with E-state index in [0.717, 1.165) is 6.54 Å². The number of hydrogen-bond donors (Lipinski definition) is 1. The van der Waals surface area contributed by atoms with E-state index in [-0.39, 0.29) is 6.04 Å². The topological polar surface area (TPSA) is 74.1 Å². The first kappa shape index (κ1) is 15.2. The molecule has 0 unspecified atom stereocenters. The Morgan fingerprint density at radius 3 is 2.76 bits per heavy atom. The van der Waals surface area contributed by atoms with Gasteiger partial charge in [0, 0.05) is 25.8 Å². The summed E-state index contributed by atoms with van der Waals surface area (Å²) in [6, 6.07) is 2.05. The smallest absolute Gasteiger partial charge is 0.224 e. The van der Waals surface area contributed by atoms with Gasteiger partial charge < -0.3 is 14.8 Å². The average Bonchev–Trinajstić information content (AvgIpc) is 2.88. The molecule has 0 aromatic carbocycles. The number of nitrogens with zero attached hydrogens (tertiary/aromatic N) is 4. The molecule has 0 atom stereocenters. The first-order chi connectivity index (χ1) is 10.1. The van der Waals surface area contributed by atoms with Gasteiger partial charge in [0.2, 0.25) is 5.88 Å². The second-order valence-electron chi connectivity index (χ2n) is 4.82. The maximum atomic E-state index is 5.75. The van der Waals surface area contributed by atoms with Crippen LogP contribution in [-0.4, -0.2) is 33.4 Å². The molecule has 7 nitrogen and oxygen atoms in total. The van der Waals surface area contributed by atoms with Gasteiger partial charge in [-0.3, -0.25) is 4.68 Å². The molecule has 2 aromatic heterocycles. The van der Waals surface area contributed by atoms with Crippen LogP contribution >= 0.6 is 0 Å². The van der Waals surface area contributed by atoms with Crippen molar-refractivity contribution in [2.24, 2.45) is 0 Å². The van der Waals surface area contributed by atoms with Crippen LogP contribution in [0.2, 0.25) is 0 Å². The summed E-state index contributed by atoms with van der Waals surface area (Å²) in [5.74, 6) is 2.40. The molecule has 114 valence electrons. The van der Waals surface area contributed by atoms with E-state index < -0.39 is 0 Å². The molecule has 0 aliphatic rings. The number of aromatic nitrogens is 4. The van der Waals surface area contributed by atoms with Crippen molar-refractivity contribution >= 4 is 5.82 Å². The Labute approximate surface area is 124 Å². The number of rotatable bonds is 7. The molecule has 0 fully saturated rings. The number of hydrogen-bond acceptors (Lipinski definition) is 6. The molecule has 7 heteroatoms. The van der Waals surface area contributed by atoms with Crippen molar-refractivity contribution in [3.63, 3.8) is 0 Å². The summed E-state index contributed by atoms with van der Waals surface area (Å²) in [4.78, 5) is 8.66. The molecule has 0 bridgehead atoms. The van der Waals surface area contributed by atoms with Crippen molar-refractivity contribution in [1.82, 2.24) is 19.7 Å². The second-order valence-corrected chi connectivity index (χ2v) is 4.82. The zero-order chi connectivity index (χ0) is 15.2. The Bertz CT molecular complexity index is 558. The fraction of sp³-hybridized carbons (Fsp3) is 0.500. The van der Waals surface area contributed by atoms with Gasteiger partial charge in [-0.25, -0.2) is 4.98 Å². The first-order valence-corrected chi connectivity index (χ1v) is 6.95. The van der Waals surface area contributed by atoms with E-state index in [1.165, 1.54) is 0 Å². The number of anilines is 1. The van der Waals surface area contributed by atoms with E-state index in [2.05, 4.69) is 34.2 Å². The van der Waals surface area contributed by atoms with E-state index in [1.54, 1.807) is 19.4 Å². The van der Waals surface area contributed by atoms with Crippen LogP contribution in [0.5, 0.6) is 11.6 Å². The van der Waals surface area contributed by atoms with E-state index in [4.69, 9.17) is 9.47 Å². The maximum Gasteiger partial charge on any atom is 0.224 e. The molecule has 2 aromatic rings. The van der Waals surface area contributed by atoms with Gasteiger partial charge in [0.05, 0.1) is 12.4 Å². The summed E-state index contributed by atoms with van der Waals surface area (Å²) in [5.41, 5.74) is 0. The monoisotopic (exact) mass is 291 g/mol. The number of methoxy groups -OCH3 is 1. The second kappa shape index (κ2) is 7.03. The maximum absolute atomic E-state index is 5.75. The molecule has 0 spiro atoms. The number of nitrogens with one attached hydrogen (secondary N) is 1. The molecule has 0 radical (unpaired) electrons. The summed E-state index contributed by atoms with van der Waals surface area (Å²) in [5, 5.41) is 7.39. The molecule has 0 amide bonds. The third-order valence-electron chi connectivity index (χ3n) is 2.71. The summed E-state index contributed by atoms with van der Waals surface area (Å²) in [7, 11) is 1.61. The Morgan fingerprint density at radius 2 is 2.14 bits per heavy atom. The van der Waals surface area contributed by atoms with Crippen molar-refractivity contribution < 1.29 is 9.47 Å². The standard InChI is InChI=1S/C14H21N5O2/c1-5-15-12-6-14(18-13(17-12)9-20-4)21-11-7-16-19(8-11)10(2)3/h6-8,10H,5,9H2,1-4H3,(H,15,17,18). The Balaban J connectivity index is 2.20. The predicted octanol–water partition coefficient (Wildman–Crippen LogP) is 2.62. The molecule has 0 aliphatic heterocycles. The quantitative estimate of drug-likeness (QED) is 0.845. The molecular formula is C14H21N5O2. The summed E-state index contributed by atoms with van der Waals surface area (Å²) in [6.45, 7) is 7.23. The minimum Gasteiger partial charge on any atom is -0.436 e. The molecule has 1 N–H and O–H groups in total. The number of ether oxygens (including phenoxy) is 2. The molecule has 0 aliphatic carbocycles. The van der Waals surface area contributed by atoms with Gasteiger partial charge in [-0.15, -0.1) is 0 Å². The van der Waals surface area contributed by atoms with Crippen LogP contribution in [0.4, 0.5) is 5.82 Å². The third kappa shape index (κ3) is 4.16. The van der Waals surface area contributed by atoms with Crippen molar-refractivity contribution in [3.05, 3.63) is 24.3 Å². The van der Waals surface area contributed by atoms with Crippen LogP contribution in [0.1, 0.15) is 32.6 Å². The molecule has 21 heavy (non-hydrogen) atoms. The van der Waals surface area contributed by atoms with Gasteiger partial charge in [0.15, 0.2) is 11.6 Å². The molecule has 0 saturated heterocycles. The van der Waals surface area contributed by atoms with Crippen molar-refractivity contribution in [1.29, 1.82) is 0 Å². The lowest BCUT2D eigenvalue weighted by Crippen LogP contribution is -2.05. The van der Waals surface area contributed by atoms with Gasteiger partial charge in [-0.2, -0.15) is 10.1 Å². The normalized spacial score (nSPS) is 10.9. The van der Waals surface area contributed by atoms with Crippen LogP contribution in [-0.2, 0) is 11.3 Å². The summed E-state index contributed by atoms with van der Waals surface area (Å²) in [6.07, 6.45) is 3.51. The van der Waals surface area contributed by atoms with E-state index in [1.807, 2.05) is 17.8 Å². The Morgan fingerprint density at radius 1 is 1.33 bits per heavy atom. The Kier molecular flexibility index (Phi) is 5.10. The van der Waals surface area contributed by atoms with Gasteiger partial charge in [0.25, 0.3) is 0 Å². The highest BCUT2D eigenvalue weighted by atomic mass is 16.5. The van der Waals surface area contributed by atoms with Gasteiger partial charge in [0.1, 0.15) is 12.4 Å². The van der Waals surface area contributed by atoms with E-state index in [9.17, 15) is 0 Å².